The van der Waals surface area contributed by atoms with Crippen LogP contribution < -0.4 is 0 Å². The number of hydrogen-bond donors (Lipinski definition) is 1. The fraction of sp³-hybridized carbons (Fsp3) is 0.333. The first-order chi connectivity index (χ1) is 12.0. The average Bonchev–Trinajstić information content (AvgIpc) is 2.64. The van der Waals surface area contributed by atoms with Crippen LogP contribution in [-0.2, 0) is 11.2 Å². The van der Waals surface area contributed by atoms with Gasteiger partial charge < -0.3 is 10.0 Å². The highest BCUT2D eigenvalue weighted by Gasteiger charge is 2.33. The summed E-state index contributed by atoms with van der Waals surface area (Å²) in [5, 5.41) is 9.42. The number of phenolic OH excluding ortho intramolecular Hbond substituents is 1. The van der Waals surface area contributed by atoms with Gasteiger partial charge >= 0.3 is 0 Å². The molecule has 4 nitrogen and oxygen atoms in total. The molecule has 2 aromatic rings. The molecule has 1 aliphatic rings. The van der Waals surface area contributed by atoms with Gasteiger partial charge in [0.25, 0.3) is 0 Å². The summed E-state index contributed by atoms with van der Waals surface area (Å²) in [6.07, 6.45) is 7.30. The van der Waals surface area contributed by atoms with E-state index < -0.39 is 5.41 Å². The van der Waals surface area contributed by atoms with Gasteiger partial charge in [0, 0.05) is 30.9 Å². The Hall–Kier alpha value is -2.62. The van der Waals surface area contributed by atoms with Crippen molar-refractivity contribution in [2.45, 2.75) is 26.7 Å². The van der Waals surface area contributed by atoms with Crippen molar-refractivity contribution in [1.82, 2.24) is 9.88 Å². The Morgan fingerprint density at radius 3 is 2.52 bits per heavy atom. The molecular formula is C21H24N2O2. The third-order valence-corrected chi connectivity index (χ3v) is 4.65. The van der Waals surface area contributed by atoms with Crippen molar-refractivity contribution in [3.63, 3.8) is 0 Å². The van der Waals surface area contributed by atoms with Crippen LogP contribution in [0.25, 0.3) is 5.57 Å². The first kappa shape index (κ1) is 17.2. The number of aromatic nitrogens is 1. The van der Waals surface area contributed by atoms with Crippen molar-refractivity contribution in [1.29, 1.82) is 0 Å². The van der Waals surface area contributed by atoms with Crippen LogP contribution in [0, 0.1) is 5.41 Å². The van der Waals surface area contributed by atoms with Crippen molar-refractivity contribution in [3.05, 3.63) is 66.0 Å². The minimum Gasteiger partial charge on any atom is -0.508 e. The van der Waals surface area contributed by atoms with Gasteiger partial charge in [-0.3, -0.25) is 9.78 Å². The lowest BCUT2D eigenvalue weighted by atomic mass is 9.83. The summed E-state index contributed by atoms with van der Waals surface area (Å²) in [4.78, 5) is 19.1. The summed E-state index contributed by atoms with van der Waals surface area (Å²) < 4.78 is 0. The van der Waals surface area contributed by atoms with E-state index in [2.05, 4.69) is 11.1 Å². The molecule has 130 valence electrons. The Morgan fingerprint density at radius 1 is 1.16 bits per heavy atom. The lowest BCUT2D eigenvalue weighted by Gasteiger charge is -2.34. The molecule has 0 saturated heterocycles. The van der Waals surface area contributed by atoms with Gasteiger partial charge in [-0.2, -0.15) is 0 Å². The molecule has 0 saturated carbocycles. The molecular weight excluding hydrogens is 312 g/mol. The van der Waals surface area contributed by atoms with E-state index in [1.165, 1.54) is 5.57 Å². The van der Waals surface area contributed by atoms with Crippen molar-refractivity contribution in [3.8, 4) is 5.75 Å². The third-order valence-electron chi connectivity index (χ3n) is 4.65. The number of carbonyl (C=O) groups excluding carboxylic acids is 1. The largest absolute Gasteiger partial charge is 0.508 e. The van der Waals surface area contributed by atoms with Crippen LogP contribution >= 0.6 is 0 Å². The second-order valence-electron chi connectivity index (χ2n) is 7.21. The zero-order chi connectivity index (χ0) is 17.9. The molecule has 1 amide bonds. The van der Waals surface area contributed by atoms with Crippen LogP contribution in [0.15, 0.2) is 54.9 Å². The van der Waals surface area contributed by atoms with E-state index in [1.54, 1.807) is 24.5 Å². The zero-order valence-corrected chi connectivity index (χ0v) is 14.8. The van der Waals surface area contributed by atoms with Crippen LogP contribution in [0.5, 0.6) is 5.75 Å². The number of aromatic hydroxyl groups is 1. The van der Waals surface area contributed by atoms with Gasteiger partial charge in [-0.15, -0.1) is 0 Å². The van der Waals surface area contributed by atoms with E-state index in [9.17, 15) is 9.90 Å². The molecule has 1 aliphatic heterocycles. The van der Waals surface area contributed by atoms with Crippen LogP contribution in [0.1, 0.15) is 31.4 Å². The summed E-state index contributed by atoms with van der Waals surface area (Å²) in [5.41, 5.74) is 2.88. The molecule has 1 aromatic carbocycles. The van der Waals surface area contributed by atoms with Crippen molar-refractivity contribution < 1.29 is 9.90 Å². The molecule has 4 heteroatoms. The maximum atomic E-state index is 13.1. The van der Waals surface area contributed by atoms with Gasteiger partial charge in [0.05, 0.1) is 0 Å². The molecule has 0 aliphatic carbocycles. The van der Waals surface area contributed by atoms with Crippen LogP contribution in [0.3, 0.4) is 0 Å². The lowest BCUT2D eigenvalue weighted by molar-refractivity contribution is -0.139. The molecule has 0 spiro atoms. The number of benzene rings is 1. The Kier molecular flexibility index (Phi) is 4.88. The van der Waals surface area contributed by atoms with E-state index in [-0.39, 0.29) is 11.7 Å². The smallest absolute Gasteiger partial charge is 0.228 e. The average molecular weight is 336 g/mol. The summed E-state index contributed by atoms with van der Waals surface area (Å²) in [6, 6.07) is 11.1. The first-order valence-electron chi connectivity index (χ1n) is 8.62. The maximum Gasteiger partial charge on any atom is 0.228 e. The molecule has 2 heterocycles. The van der Waals surface area contributed by atoms with Gasteiger partial charge in [-0.05, 0) is 53.8 Å². The zero-order valence-electron chi connectivity index (χ0n) is 14.8. The molecule has 1 N–H and O–H groups in total. The minimum atomic E-state index is -0.488. The number of pyridine rings is 1. The third kappa shape index (κ3) is 4.08. The van der Waals surface area contributed by atoms with Crippen LogP contribution in [0.2, 0.25) is 0 Å². The van der Waals surface area contributed by atoms with E-state index in [4.69, 9.17) is 0 Å². The highest BCUT2D eigenvalue weighted by Crippen LogP contribution is 2.29. The fourth-order valence-electron chi connectivity index (χ4n) is 3.32. The predicted molar refractivity (Wildman–Crippen MR) is 99.0 cm³/mol. The Bertz CT molecular complexity index is 764. The summed E-state index contributed by atoms with van der Waals surface area (Å²) >= 11 is 0. The van der Waals surface area contributed by atoms with E-state index in [0.29, 0.717) is 13.0 Å². The maximum absolute atomic E-state index is 13.1. The van der Waals surface area contributed by atoms with Gasteiger partial charge in [0.1, 0.15) is 5.75 Å². The van der Waals surface area contributed by atoms with Crippen LogP contribution in [0.4, 0.5) is 0 Å². The van der Waals surface area contributed by atoms with Gasteiger partial charge in [0.15, 0.2) is 0 Å². The number of carbonyl (C=O) groups is 1. The van der Waals surface area contributed by atoms with Gasteiger partial charge in [0.2, 0.25) is 5.91 Å². The number of rotatable bonds is 4. The number of nitrogens with zero attached hydrogens (tertiary/aromatic N) is 2. The monoisotopic (exact) mass is 336 g/mol. The van der Waals surface area contributed by atoms with Gasteiger partial charge in [-0.1, -0.05) is 32.1 Å². The normalized spacial score (nSPS) is 15.0. The van der Waals surface area contributed by atoms with Gasteiger partial charge in [-0.25, -0.2) is 0 Å². The molecule has 0 atom stereocenters. The number of amides is 1. The highest BCUT2D eigenvalue weighted by molar-refractivity contribution is 5.85. The number of phenols is 1. The van der Waals surface area contributed by atoms with Crippen molar-refractivity contribution in [2.24, 2.45) is 5.41 Å². The Labute approximate surface area is 148 Å². The molecule has 1 aromatic heterocycles. The van der Waals surface area contributed by atoms with Crippen molar-refractivity contribution >= 4 is 11.5 Å². The molecule has 25 heavy (non-hydrogen) atoms. The molecule has 3 rings (SSSR count). The molecule has 0 unspecified atom stereocenters. The van der Waals surface area contributed by atoms with E-state index >= 15 is 0 Å². The fourth-order valence-corrected chi connectivity index (χ4v) is 3.32. The Balaban J connectivity index is 1.71. The summed E-state index contributed by atoms with van der Waals surface area (Å²) in [7, 11) is 0. The molecule has 0 bridgehead atoms. The predicted octanol–water partition coefficient (Wildman–Crippen LogP) is 3.67. The second kappa shape index (κ2) is 7.09. The van der Waals surface area contributed by atoms with E-state index in [0.717, 1.165) is 24.1 Å². The first-order valence-corrected chi connectivity index (χ1v) is 8.62. The Morgan fingerprint density at radius 2 is 1.84 bits per heavy atom. The standard InChI is InChI=1S/C21H24N2O2/c1-21(2,14-16-5-7-19(24)8-6-16)20(25)23-13-3-4-18(15-23)17-9-11-22-12-10-17/h4-12,24H,3,13-15H2,1-2H3. The molecule has 0 fully saturated rings. The van der Waals surface area contributed by atoms with Crippen LogP contribution in [-0.4, -0.2) is 34.0 Å². The second-order valence-corrected chi connectivity index (χ2v) is 7.21. The highest BCUT2D eigenvalue weighted by atomic mass is 16.3. The number of hydrogen-bond acceptors (Lipinski definition) is 3. The van der Waals surface area contributed by atoms with E-state index in [1.807, 2.05) is 43.0 Å². The quantitative estimate of drug-likeness (QED) is 0.927. The van der Waals surface area contributed by atoms with Crippen molar-refractivity contribution in [2.75, 3.05) is 13.1 Å². The summed E-state index contributed by atoms with van der Waals surface area (Å²) in [6.45, 7) is 5.38. The minimum absolute atomic E-state index is 0.167. The lowest BCUT2D eigenvalue weighted by Crippen LogP contribution is -2.44. The molecule has 0 radical (unpaired) electrons. The SMILES string of the molecule is CC(C)(Cc1ccc(O)cc1)C(=O)N1CCC=C(c2ccncc2)C1. The summed E-state index contributed by atoms with van der Waals surface area (Å²) in [5.74, 6) is 0.413. The topological polar surface area (TPSA) is 53.4 Å².